The van der Waals surface area contributed by atoms with E-state index in [0.29, 0.717) is 12.8 Å². The smallest absolute Gasteiger partial charge is 0.306 e. The van der Waals surface area contributed by atoms with Gasteiger partial charge in [0.1, 0.15) is 67.6 Å². The van der Waals surface area contributed by atoms with E-state index in [9.17, 15) is 50.1 Å². The number of aliphatic hydroxyl groups is 7. The number of carbonyl (C=O) groups is 3. The molecule has 0 saturated carbocycles. The van der Waals surface area contributed by atoms with Crippen LogP contribution in [0.15, 0.2) is 0 Å². The molecule has 0 aliphatic carbocycles. The zero-order valence-corrected chi connectivity index (χ0v) is 43.2. The van der Waals surface area contributed by atoms with Crippen molar-refractivity contribution in [1.29, 1.82) is 0 Å². The van der Waals surface area contributed by atoms with Crippen molar-refractivity contribution < 1.29 is 88.0 Å². The fourth-order valence-electron chi connectivity index (χ4n) is 9.25. The first-order chi connectivity index (χ1) is 34.2. The zero-order chi connectivity index (χ0) is 52.1. The maximum Gasteiger partial charge on any atom is 0.306 e. The first-order valence-corrected chi connectivity index (χ1v) is 27.1. The van der Waals surface area contributed by atoms with Crippen molar-refractivity contribution in [2.24, 2.45) is 5.73 Å². The van der Waals surface area contributed by atoms with Gasteiger partial charge in [-0.25, -0.2) is 0 Å². The van der Waals surface area contributed by atoms with Crippen molar-refractivity contribution in [3.05, 3.63) is 0 Å². The molecule has 0 bridgehead atoms. The van der Waals surface area contributed by atoms with E-state index in [4.69, 9.17) is 43.6 Å². The Balaban J connectivity index is 1.66. The highest BCUT2D eigenvalue weighted by Gasteiger charge is 2.53. The van der Waals surface area contributed by atoms with E-state index in [0.717, 1.165) is 44.9 Å². The Labute approximate surface area is 422 Å². The summed E-state index contributed by atoms with van der Waals surface area (Å²) in [6.07, 6.45) is 3.72. The number of nitrogens with one attached hydrogen (secondary N) is 1. The van der Waals surface area contributed by atoms with Crippen LogP contribution in [0.5, 0.6) is 0 Å². The molecule has 0 unspecified atom stereocenters. The molecule has 3 saturated heterocycles. The van der Waals surface area contributed by atoms with Gasteiger partial charge in [0, 0.05) is 19.8 Å². The number of rotatable bonds is 37. The minimum Gasteiger partial charge on any atom is -0.462 e. The summed E-state index contributed by atoms with van der Waals surface area (Å²) in [4.78, 5) is 38.6. The quantitative estimate of drug-likeness (QED) is 0.0318. The largest absolute Gasteiger partial charge is 0.462 e. The molecular weight excluding hydrogens is 929 g/mol. The molecule has 3 aliphatic rings. The maximum atomic E-state index is 13.2. The minimum absolute atomic E-state index is 0.136. The van der Waals surface area contributed by atoms with E-state index in [2.05, 4.69) is 19.2 Å². The van der Waals surface area contributed by atoms with Gasteiger partial charge in [0.25, 0.3) is 0 Å². The lowest BCUT2D eigenvalue weighted by Gasteiger charge is -2.49. The van der Waals surface area contributed by atoms with Crippen LogP contribution in [0, 0.1) is 0 Å². The highest BCUT2D eigenvalue weighted by atomic mass is 16.7. The number of carbonyl (C=O) groups excluding carboxylic acids is 3. The van der Waals surface area contributed by atoms with Gasteiger partial charge in [-0.3, -0.25) is 14.4 Å². The number of esters is 2. The first-order valence-electron chi connectivity index (χ1n) is 27.1. The van der Waals surface area contributed by atoms with Crippen LogP contribution < -0.4 is 11.1 Å². The predicted octanol–water partition coefficient (Wildman–Crippen LogP) is 3.45. The van der Waals surface area contributed by atoms with Crippen LogP contribution >= 0.6 is 0 Å². The molecule has 0 aromatic heterocycles. The molecule has 1 amide bonds. The lowest BCUT2D eigenvalue weighted by atomic mass is 9.93. The van der Waals surface area contributed by atoms with Gasteiger partial charge in [0.05, 0.1) is 32.0 Å². The van der Waals surface area contributed by atoms with E-state index in [1.807, 2.05) is 0 Å². The average Bonchev–Trinajstić information content (AvgIpc) is 3.34. The molecule has 20 nitrogen and oxygen atoms in total. The highest BCUT2D eigenvalue weighted by Crippen LogP contribution is 2.33. The summed E-state index contributed by atoms with van der Waals surface area (Å²) in [5, 5.41) is 77.1. The van der Waals surface area contributed by atoms with E-state index in [1.54, 1.807) is 6.92 Å². The number of amides is 1. The number of hydrogen-bond donors (Lipinski definition) is 9. The first kappa shape index (κ1) is 63.1. The van der Waals surface area contributed by atoms with Crippen LogP contribution in [-0.4, -0.2) is 178 Å². The number of hydrogen-bond acceptors (Lipinski definition) is 19. The molecule has 0 radical (unpaired) electrons. The molecule has 0 aromatic rings. The maximum absolute atomic E-state index is 13.2. The minimum atomic E-state index is -1.82. The molecule has 3 rings (SSSR count). The molecule has 71 heavy (non-hydrogen) atoms. The predicted molar refractivity (Wildman–Crippen MR) is 260 cm³/mol. The van der Waals surface area contributed by atoms with E-state index in [1.165, 1.54) is 90.4 Å². The van der Waals surface area contributed by atoms with Gasteiger partial charge in [-0.15, -0.1) is 0 Å². The van der Waals surface area contributed by atoms with Crippen LogP contribution in [0.25, 0.3) is 0 Å². The Kier molecular flexibility index (Phi) is 32.0. The number of aliphatic hydroxyl groups excluding tert-OH is 7. The summed E-state index contributed by atoms with van der Waals surface area (Å²) in [5.74, 6) is -1.58. The topological polar surface area (TPSA) is 305 Å². The number of unbranched alkanes of at least 4 members (excludes halogenated alkanes) is 20. The molecule has 0 aromatic carbocycles. The Morgan fingerprint density at radius 1 is 0.549 bits per heavy atom. The Bertz CT molecular complexity index is 1430. The number of ether oxygens (including phenoxy) is 8. The molecule has 16 atom stereocenters. The van der Waals surface area contributed by atoms with E-state index >= 15 is 0 Å². The summed E-state index contributed by atoms with van der Waals surface area (Å²) in [6.45, 7) is 4.91. The molecule has 0 spiro atoms. The molecular formula is C51H94N2O18. The van der Waals surface area contributed by atoms with Gasteiger partial charge in [0.15, 0.2) is 25.0 Å². The monoisotopic (exact) mass is 1020 g/mol. The van der Waals surface area contributed by atoms with Crippen LogP contribution in [0.1, 0.15) is 182 Å². The van der Waals surface area contributed by atoms with Gasteiger partial charge >= 0.3 is 11.9 Å². The zero-order valence-electron chi connectivity index (χ0n) is 43.2. The van der Waals surface area contributed by atoms with Crippen LogP contribution in [-0.2, 0) is 52.3 Å². The van der Waals surface area contributed by atoms with Crippen LogP contribution in [0.3, 0.4) is 0 Å². The second-order valence-electron chi connectivity index (χ2n) is 19.8. The molecule has 3 fully saturated rings. The van der Waals surface area contributed by atoms with Crippen molar-refractivity contribution in [3.8, 4) is 0 Å². The van der Waals surface area contributed by atoms with E-state index < -0.39 is 136 Å². The van der Waals surface area contributed by atoms with Gasteiger partial charge < -0.3 is 84.7 Å². The van der Waals surface area contributed by atoms with Crippen molar-refractivity contribution in [2.45, 2.75) is 280 Å². The molecule has 20 heteroatoms. The SMILES string of the molecule is CCCCCCCCCCCCCC(=O)OC[C@H](CO[C@H]1O[C@H](CO)[C@@H](O)[C@H](O[C@@H]2O[C@H](C)[C@H](N)[C@H](O[C@@H]3O[C@H](CO)[C@@H](O)[C@H](O)[C@H]3O)[C@H]2NC(C)=O)[C@H]1O)OC(=O)CCCCCCCCCCCCC. The molecule has 3 heterocycles. The van der Waals surface area contributed by atoms with Crippen molar-refractivity contribution >= 4 is 17.8 Å². The highest BCUT2D eigenvalue weighted by molar-refractivity contribution is 5.73. The Morgan fingerprint density at radius 3 is 1.52 bits per heavy atom. The third-order valence-corrected chi connectivity index (χ3v) is 13.7. The standard InChI is InChI=1S/C51H94N2O18/c1-5-7-9-11-13-15-17-19-21-23-25-27-38(57)64-31-35(67-39(58)28-26-24-22-20-18-16-14-12-10-8-6-2)32-65-50-46(63)48(43(60)37(30-55)68-50)71-49-41(53-34(4)56)47(40(52)33(3)66-49)70-51-45(62)44(61)42(59)36(29-54)69-51/h33,35-37,40-51,54-55,59-63H,5-32,52H2,1-4H3,(H,53,56)/t33-,35-,36-,37-,40+,41-,42-,43-,44+,45-,46-,47+,48+,49+,50+,51+/m1/s1. The Morgan fingerprint density at radius 2 is 1.01 bits per heavy atom. The lowest BCUT2D eigenvalue weighted by Crippen LogP contribution is -2.70. The molecule has 10 N–H and O–H groups in total. The molecule has 416 valence electrons. The van der Waals surface area contributed by atoms with E-state index in [-0.39, 0.29) is 19.4 Å². The summed E-state index contributed by atoms with van der Waals surface area (Å²) in [6, 6.07) is -2.38. The summed E-state index contributed by atoms with van der Waals surface area (Å²) in [5.41, 5.74) is 6.48. The summed E-state index contributed by atoms with van der Waals surface area (Å²) < 4.78 is 46.9. The van der Waals surface area contributed by atoms with Crippen molar-refractivity contribution in [2.75, 3.05) is 26.4 Å². The fraction of sp³-hybridized carbons (Fsp3) is 0.941. The van der Waals surface area contributed by atoms with Gasteiger partial charge in [0.2, 0.25) is 5.91 Å². The summed E-state index contributed by atoms with van der Waals surface area (Å²) in [7, 11) is 0. The average molecular weight is 1020 g/mol. The normalized spacial score (nSPS) is 31.5. The number of nitrogens with two attached hydrogens (primary N) is 1. The third-order valence-electron chi connectivity index (χ3n) is 13.7. The van der Waals surface area contributed by atoms with Gasteiger partial charge in [-0.2, -0.15) is 0 Å². The van der Waals surface area contributed by atoms with Crippen LogP contribution in [0.4, 0.5) is 0 Å². The Hall–Kier alpha value is -2.15. The summed E-state index contributed by atoms with van der Waals surface area (Å²) >= 11 is 0. The van der Waals surface area contributed by atoms with Crippen LogP contribution in [0.2, 0.25) is 0 Å². The molecule has 3 aliphatic heterocycles. The second-order valence-corrected chi connectivity index (χ2v) is 19.8. The lowest BCUT2D eigenvalue weighted by molar-refractivity contribution is -0.355. The van der Waals surface area contributed by atoms with Gasteiger partial charge in [-0.05, 0) is 19.8 Å². The third kappa shape index (κ3) is 22.7. The van der Waals surface area contributed by atoms with Crippen molar-refractivity contribution in [3.63, 3.8) is 0 Å². The van der Waals surface area contributed by atoms with Crippen molar-refractivity contribution in [1.82, 2.24) is 5.32 Å². The second kappa shape index (κ2) is 35.9. The fourth-order valence-corrected chi connectivity index (χ4v) is 9.25. The van der Waals surface area contributed by atoms with Gasteiger partial charge in [-0.1, -0.05) is 142 Å².